The molecule has 1 aromatic rings. The zero-order chi connectivity index (χ0) is 13.7. The largest absolute Gasteiger partial charge is 0.335 e. The molecule has 0 saturated heterocycles. The Morgan fingerprint density at radius 1 is 1.47 bits per heavy atom. The maximum absolute atomic E-state index is 12.0. The van der Waals surface area contributed by atoms with Crippen LogP contribution in [0.15, 0.2) is 12.4 Å². The molecular weight excluding hydrogens is 240 g/mol. The topological polar surface area (TPSA) is 69.8 Å². The number of hydrogen-bond acceptors (Lipinski definition) is 2. The number of carbonyl (C=O) groups excluding carboxylic acids is 1. The van der Waals surface area contributed by atoms with Crippen LogP contribution in [0.4, 0.5) is 10.5 Å². The van der Waals surface area contributed by atoms with Crippen LogP contribution in [0.25, 0.3) is 0 Å². The van der Waals surface area contributed by atoms with Gasteiger partial charge in [0.25, 0.3) is 0 Å². The van der Waals surface area contributed by atoms with Gasteiger partial charge in [0.05, 0.1) is 11.9 Å². The molecule has 1 heterocycles. The second kappa shape index (κ2) is 3.99. The normalized spacial score (nSPS) is 35.3. The highest BCUT2D eigenvalue weighted by Gasteiger charge is 2.61. The summed E-state index contributed by atoms with van der Waals surface area (Å²) < 4.78 is 0. The average Bonchev–Trinajstić information content (AvgIpc) is 2.95. The number of amides is 2. The summed E-state index contributed by atoms with van der Waals surface area (Å²) >= 11 is 0. The fourth-order valence-corrected chi connectivity index (χ4v) is 4.07. The van der Waals surface area contributed by atoms with Crippen molar-refractivity contribution >= 4 is 11.7 Å². The molecule has 2 amide bonds. The van der Waals surface area contributed by atoms with E-state index in [4.69, 9.17) is 0 Å². The van der Waals surface area contributed by atoms with Gasteiger partial charge in [-0.2, -0.15) is 5.10 Å². The second-order valence-electron chi connectivity index (χ2n) is 6.75. The number of hydrogen-bond donors (Lipinski definition) is 3. The van der Waals surface area contributed by atoms with E-state index < -0.39 is 0 Å². The van der Waals surface area contributed by atoms with Gasteiger partial charge in [0.15, 0.2) is 0 Å². The van der Waals surface area contributed by atoms with Gasteiger partial charge in [0.2, 0.25) is 0 Å². The van der Waals surface area contributed by atoms with Crippen LogP contribution in [0.3, 0.4) is 0 Å². The quantitative estimate of drug-likeness (QED) is 0.767. The van der Waals surface area contributed by atoms with Crippen molar-refractivity contribution in [1.29, 1.82) is 0 Å². The summed E-state index contributed by atoms with van der Waals surface area (Å²) in [5.41, 5.74) is 1.23. The van der Waals surface area contributed by atoms with E-state index in [1.165, 1.54) is 12.8 Å². The van der Waals surface area contributed by atoms with E-state index in [2.05, 4.69) is 41.6 Å². The molecule has 2 saturated carbocycles. The number of H-pyrrole nitrogens is 1. The summed E-state index contributed by atoms with van der Waals surface area (Å²) in [6.07, 6.45) is 6.88. The summed E-state index contributed by atoms with van der Waals surface area (Å²) in [5.74, 6) is 0.733. The van der Waals surface area contributed by atoms with Crippen molar-refractivity contribution in [2.45, 2.75) is 46.1 Å². The third-order valence-electron chi connectivity index (χ3n) is 5.86. The standard InChI is InChI=1S/C14H22N4O/c1-13(2)9-4-5-14(13,3)11(6-9)18-12(19)17-10-7-15-16-8-10/h7-9,11H,4-6H2,1-3H3,(H,15,16)(H2,17,18,19)/t9-,11-,14-/m0/s1. The molecule has 0 radical (unpaired) electrons. The Bertz CT molecular complexity index is 482. The molecule has 0 aromatic carbocycles. The van der Waals surface area contributed by atoms with Crippen molar-refractivity contribution in [3.05, 3.63) is 12.4 Å². The monoisotopic (exact) mass is 262 g/mol. The molecule has 2 aliphatic rings. The number of nitrogens with one attached hydrogen (secondary N) is 3. The van der Waals surface area contributed by atoms with E-state index in [1.54, 1.807) is 12.4 Å². The minimum Gasteiger partial charge on any atom is -0.335 e. The molecule has 5 heteroatoms. The van der Waals surface area contributed by atoms with Crippen LogP contribution in [0.2, 0.25) is 0 Å². The fraction of sp³-hybridized carbons (Fsp3) is 0.714. The Morgan fingerprint density at radius 3 is 2.79 bits per heavy atom. The first kappa shape index (κ1) is 12.5. The highest BCUT2D eigenvalue weighted by Crippen LogP contribution is 2.65. The Morgan fingerprint density at radius 2 is 2.26 bits per heavy atom. The number of nitrogens with zero attached hydrogens (tertiary/aromatic N) is 1. The Balaban J connectivity index is 1.67. The van der Waals surface area contributed by atoms with Crippen LogP contribution >= 0.6 is 0 Å². The molecule has 5 nitrogen and oxygen atoms in total. The molecule has 0 spiro atoms. The first-order valence-electron chi connectivity index (χ1n) is 7.00. The summed E-state index contributed by atoms with van der Waals surface area (Å²) in [6, 6.07) is 0.143. The molecule has 2 aliphatic carbocycles. The van der Waals surface area contributed by atoms with Gasteiger partial charge in [-0.05, 0) is 36.0 Å². The van der Waals surface area contributed by atoms with Crippen molar-refractivity contribution in [3.63, 3.8) is 0 Å². The molecule has 0 aliphatic heterocycles. The van der Waals surface area contributed by atoms with Gasteiger partial charge >= 0.3 is 6.03 Å². The number of carbonyl (C=O) groups is 1. The maximum atomic E-state index is 12.0. The van der Waals surface area contributed by atoms with Crippen LogP contribution in [-0.4, -0.2) is 22.3 Å². The lowest BCUT2D eigenvalue weighted by molar-refractivity contribution is 0.125. The minimum absolute atomic E-state index is 0.129. The highest BCUT2D eigenvalue weighted by molar-refractivity contribution is 5.89. The zero-order valence-electron chi connectivity index (χ0n) is 11.8. The SMILES string of the molecule is CC1(C)[C@H]2CC[C@@]1(C)[C@@H](NC(=O)Nc1cn[nH]c1)C2. The van der Waals surface area contributed by atoms with E-state index in [1.807, 2.05) is 0 Å². The first-order chi connectivity index (χ1) is 8.93. The van der Waals surface area contributed by atoms with Crippen molar-refractivity contribution in [2.75, 3.05) is 5.32 Å². The van der Waals surface area contributed by atoms with E-state index >= 15 is 0 Å². The lowest BCUT2D eigenvalue weighted by atomic mass is 9.69. The molecule has 2 bridgehead atoms. The number of urea groups is 1. The Hall–Kier alpha value is -1.52. The van der Waals surface area contributed by atoms with Crippen LogP contribution in [-0.2, 0) is 0 Å². The van der Waals surface area contributed by atoms with Crippen LogP contribution in [0.5, 0.6) is 0 Å². The number of aromatic nitrogens is 2. The predicted molar refractivity (Wildman–Crippen MR) is 73.8 cm³/mol. The molecule has 2 fully saturated rings. The summed E-state index contributed by atoms with van der Waals surface area (Å²) in [5, 5.41) is 12.5. The second-order valence-corrected chi connectivity index (χ2v) is 6.75. The lowest BCUT2D eigenvalue weighted by Crippen LogP contribution is -2.48. The van der Waals surface area contributed by atoms with Crippen LogP contribution < -0.4 is 10.6 Å². The number of anilines is 1. The van der Waals surface area contributed by atoms with E-state index in [0.717, 1.165) is 12.3 Å². The molecule has 0 unspecified atom stereocenters. The first-order valence-corrected chi connectivity index (χ1v) is 7.00. The summed E-state index contributed by atoms with van der Waals surface area (Å²) in [4.78, 5) is 12.0. The smallest absolute Gasteiger partial charge is 0.319 e. The van der Waals surface area contributed by atoms with E-state index in [-0.39, 0.29) is 17.5 Å². The molecule has 19 heavy (non-hydrogen) atoms. The number of fused-ring (bicyclic) bond motifs is 2. The maximum Gasteiger partial charge on any atom is 0.319 e. The number of aromatic amines is 1. The Labute approximate surface area is 113 Å². The van der Waals surface area contributed by atoms with E-state index in [0.29, 0.717) is 11.1 Å². The Kier molecular flexibility index (Phi) is 2.62. The van der Waals surface area contributed by atoms with Gasteiger partial charge in [-0.25, -0.2) is 4.79 Å². The van der Waals surface area contributed by atoms with Crippen LogP contribution in [0.1, 0.15) is 40.0 Å². The lowest BCUT2D eigenvalue weighted by Gasteiger charge is -2.39. The summed E-state index contributed by atoms with van der Waals surface area (Å²) in [6.45, 7) is 7.02. The van der Waals surface area contributed by atoms with Gasteiger partial charge in [0, 0.05) is 12.2 Å². The van der Waals surface area contributed by atoms with Gasteiger partial charge in [0.1, 0.15) is 0 Å². The van der Waals surface area contributed by atoms with Crippen molar-refractivity contribution in [1.82, 2.24) is 15.5 Å². The molecule has 104 valence electrons. The minimum atomic E-state index is -0.129. The highest BCUT2D eigenvalue weighted by atomic mass is 16.2. The third kappa shape index (κ3) is 1.75. The van der Waals surface area contributed by atoms with Crippen molar-refractivity contribution in [2.24, 2.45) is 16.7 Å². The van der Waals surface area contributed by atoms with Gasteiger partial charge < -0.3 is 10.6 Å². The number of rotatable bonds is 2. The van der Waals surface area contributed by atoms with Gasteiger partial charge in [-0.15, -0.1) is 0 Å². The van der Waals surface area contributed by atoms with Crippen molar-refractivity contribution < 1.29 is 4.79 Å². The molecular formula is C14H22N4O. The zero-order valence-corrected chi connectivity index (χ0v) is 11.8. The van der Waals surface area contributed by atoms with Gasteiger partial charge in [-0.1, -0.05) is 20.8 Å². The molecule has 1 aromatic heterocycles. The van der Waals surface area contributed by atoms with Crippen molar-refractivity contribution in [3.8, 4) is 0 Å². The fourth-order valence-electron chi connectivity index (χ4n) is 4.07. The van der Waals surface area contributed by atoms with Crippen LogP contribution in [0, 0.1) is 16.7 Å². The van der Waals surface area contributed by atoms with Gasteiger partial charge in [-0.3, -0.25) is 5.10 Å². The molecule has 3 atom stereocenters. The predicted octanol–water partition coefficient (Wildman–Crippen LogP) is 2.75. The average molecular weight is 262 g/mol. The summed E-state index contributed by atoms with van der Waals surface area (Å²) in [7, 11) is 0. The third-order valence-corrected chi connectivity index (χ3v) is 5.86. The van der Waals surface area contributed by atoms with E-state index in [9.17, 15) is 4.79 Å². The molecule has 3 rings (SSSR count). The molecule has 3 N–H and O–H groups in total.